The van der Waals surface area contributed by atoms with E-state index in [1.165, 1.54) is 36.2 Å². The topological polar surface area (TPSA) is 38.2 Å². The average molecular weight is 398 g/mol. The van der Waals surface area contributed by atoms with Crippen LogP contribution in [0.2, 0.25) is 0 Å². The summed E-state index contributed by atoms with van der Waals surface area (Å²) in [5, 5.41) is 0. The molecular formula is C24H32FN3O. The van der Waals surface area contributed by atoms with E-state index in [9.17, 15) is 4.39 Å². The molecule has 156 valence electrons. The monoisotopic (exact) mass is 397 g/mol. The van der Waals surface area contributed by atoms with Crippen LogP contribution in [-0.4, -0.2) is 41.2 Å². The maximum atomic E-state index is 13.2. The van der Waals surface area contributed by atoms with Gasteiger partial charge >= 0.3 is 0 Å². The summed E-state index contributed by atoms with van der Waals surface area (Å²) < 4.78 is 19.1. The van der Waals surface area contributed by atoms with Gasteiger partial charge in [0.1, 0.15) is 5.82 Å². The van der Waals surface area contributed by atoms with Gasteiger partial charge in [-0.05, 0) is 88.7 Å². The van der Waals surface area contributed by atoms with E-state index in [0.29, 0.717) is 0 Å². The third-order valence-electron chi connectivity index (χ3n) is 6.83. The molecule has 1 aliphatic heterocycles. The molecular weight excluding hydrogens is 365 g/mol. The number of hydrogen-bond acceptors (Lipinski definition) is 4. The Kier molecular flexibility index (Phi) is 5.71. The lowest BCUT2D eigenvalue weighted by atomic mass is 9.82. The van der Waals surface area contributed by atoms with Gasteiger partial charge in [-0.25, -0.2) is 4.39 Å². The normalized spacial score (nSPS) is 23.4. The smallest absolute Gasteiger partial charge is 0.141 e. The van der Waals surface area contributed by atoms with Crippen LogP contribution in [0.5, 0.6) is 0 Å². The zero-order chi connectivity index (χ0) is 20.5. The third kappa shape index (κ3) is 4.22. The minimum absolute atomic E-state index is 0.133. The fourth-order valence-electron chi connectivity index (χ4n) is 5.02. The van der Waals surface area contributed by atoms with E-state index in [2.05, 4.69) is 47.9 Å². The first-order valence-electron chi connectivity index (χ1n) is 10.8. The summed E-state index contributed by atoms with van der Waals surface area (Å²) in [6.07, 6.45) is 8.85. The van der Waals surface area contributed by atoms with Gasteiger partial charge in [-0.3, -0.25) is 14.9 Å². The molecule has 2 aromatic heterocycles. The summed E-state index contributed by atoms with van der Waals surface area (Å²) in [4.78, 5) is 11.5. The zero-order valence-electron chi connectivity index (χ0n) is 17.9. The second-order valence-corrected chi connectivity index (χ2v) is 8.95. The highest BCUT2D eigenvalue weighted by Crippen LogP contribution is 2.55. The Hall–Kier alpha value is -1.85. The number of halogens is 1. The van der Waals surface area contributed by atoms with Crippen molar-refractivity contribution in [3.63, 3.8) is 0 Å². The molecule has 4 nitrogen and oxygen atoms in total. The number of hydrogen-bond donors (Lipinski definition) is 0. The van der Waals surface area contributed by atoms with Crippen molar-refractivity contribution in [1.29, 1.82) is 0 Å². The molecule has 4 rings (SSSR count). The number of ether oxygens (including phenoxy) is 1. The van der Waals surface area contributed by atoms with Gasteiger partial charge < -0.3 is 4.74 Å². The number of aryl methyl sites for hydroxylation is 3. The molecule has 2 fully saturated rings. The van der Waals surface area contributed by atoms with Gasteiger partial charge in [0, 0.05) is 41.7 Å². The lowest BCUT2D eigenvalue weighted by Gasteiger charge is -2.33. The maximum Gasteiger partial charge on any atom is 0.141 e. The Morgan fingerprint density at radius 1 is 1.14 bits per heavy atom. The first-order chi connectivity index (χ1) is 14.0. The molecule has 1 saturated heterocycles. The van der Waals surface area contributed by atoms with Crippen LogP contribution in [-0.2, 0) is 16.7 Å². The van der Waals surface area contributed by atoms with Crippen molar-refractivity contribution in [3.05, 3.63) is 58.9 Å². The Balaban J connectivity index is 1.50. The summed E-state index contributed by atoms with van der Waals surface area (Å²) >= 11 is 0. The van der Waals surface area contributed by atoms with Crippen molar-refractivity contribution >= 4 is 0 Å². The summed E-state index contributed by atoms with van der Waals surface area (Å²) in [6.45, 7) is 9.99. The minimum atomic E-state index is -0.275. The summed E-state index contributed by atoms with van der Waals surface area (Å²) in [5.41, 5.74) is 5.09. The van der Waals surface area contributed by atoms with Crippen molar-refractivity contribution in [2.45, 2.75) is 58.4 Å². The fraction of sp³-hybridized carbons (Fsp3) is 0.583. The van der Waals surface area contributed by atoms with E-state index in [1.54, 1.807) is 6.07 Å². The molecule has 0 bridgehead atoms. The molecule has 1 atom stereocenters. The predicted octanol–water partition coefficient (Wildman–Crippen LogP) is 4.58. The van der Waals surface area contributed by atoms with Crippen LogP contribution in [0.4, 0.5) is 4.39 Å². The van der Waals surface area contributed by atoms with Crippen molar-refractivity contribution in [2.75, 3.05) is 26.3 Å². The molecule has 0 N–H and O–H groups in total. The number of pyridine rings is 2. The number of likely N-dealkylation sites (tertiary alicyclic amines) is 1. The van der Waals surface area contributed by atoms with Crippen molar-refractivity contribution in [3.8, 4) is 0 Å². The Morgan fingerprint density at radius 2 is 1.97 bits per heavy atom. The molecule has 29 heavy (non-hydrogen) atoms. The van der Waals surface area contributed by atoms with Crippen LogP contribution in [0.3, 0.4) is 0 Å². The van der Waals surface area contributed by atoms with Gasteiger partial charge in [-0.2, -0.15) is 0 Å². The van der Waals surface area contributed by atoms with E-state index in [1.807, 2.05) is 0 Å². The van der Waals surface area contributed by atoms with Crippen molar-refractivity contribution in [1.82, 2.24) is 14.9 Å². The van der Waals surface area contributed by atoms with Crippen LogP contribution < -0.4 is 0 Å². The molecule has 2 aliphatic rings. The average Bonchev–Trinajstić information content (AvgIpc) is 3.39. The standard InChI is InChI=1S/C24H32FN3O/c1-4-29-17-23(8-7-21-6-5-20(25)14-27-21)11-12-28(16-23)24(9-10-24)22-15-26-19(3)13-18(22)2/h5-6,13-15H,4,7-12,16-17H2,1-3H3/t23-/m0/s1. The summed E-state index contributed by atoms with van der Waals surface area (Å²) in [7, 11) is 0. The quantitative estimate of drug-likeness (QED) is 0.653. The Labute approximate surface area is 173 Å². The van der Waals surface area contributed by atoms with Gasteiger partial charge in [-0.1, -0.05) is 0 Å². The summed E-state index contributed by atoms with van der Waals surface area (Å²) in [5.74, 6) is -0.275. The zero-order valence-corrected chi connectivity index (χ0v) is 17.9. The lowest BCUT2D eigenvalue weighted by molar-refractivity contribution is 0.0441. The lowest BCUT2D eigenvalue weighted by Crippen LogP contribution is -2.38. The van der Waals surface area contributed by atoms with E-state index in [-0.39, 0.29) is 16.8 Å². The van der Waals surface area contributed by atoms with E-state index < -0.39 is 0 Å². The molecule has 0 unspecified atom stereocenters. The minimum Gasteiger partial charge on any atom is -0.381 e. The fourth-order valence-corrected chi connectivity index (χ4v) is 5.02. The van der Waals surface area contributed by atoms with Crippen molar-refractivity contribution < 1.29 is 9.13 Å². The molecule has 3 heterocycles. The number of aromatic nitrogens is 2. The number of nitrogens with zero attached hydrogens (tertiary/aromatic N) is 3. The second kappa shape index (κ2) is 8.11. The van der Waals surface area contributed by atoms with Gasteiger partial charge in [0.25, 0.3) is 0 Å². The molecule has 0 amide bonds. The van der Waals surface area contributed by atoms with Crippen LogP contribution >= 0.6 is 0 Å². The first kappa shape index (κ1) is 20.4. The molecule has 2 aromatic rings. The van der Waals surface area contributed by atoms with Crippen LogP contribution in [0.15, 0.2) is 30.6 Å². The van der Waals surface area contributed by atoms with Crippen molar-refractivity contribution in [2.24, 2.45) is 5.41 Å². The number of rotatable bonds is 8. The third-order valence-corrected chi connectivity index (χ3v) is 6.83. The molecule has 0 aromatic carbocycles. The van der Waals surface area contributed by atoms with E-state index in [0.717, 1.165) is 57.0 Å². The molecule has 0 radical (unpaired) electrons. The van der Waals surface area contributed by atoms with E-state index >= 15 is 0 Å². The van der Waals surface area contributed by atoms with Crippen LogP contribution in [0.25, 0.3) is 0 Å². The van der Waals surface area contributed by atoms with Gasteiger partial charge in [0.2, 0.25) is 0 Å². The Morgan fingerprint density at radius 3 is 2.62 bits per heavy atom. The second-order valence-electron chi connectivity index (χ2n) is 8.95. The summed E-state index contributed by atoms with van der Waals surface area (Å²) in [6, 6.07) is 5.52. The Bertz CT molecular complexity index is 850. The first-order valence-corrected chi connectivity index (χ1v) is 10.8. The molecule has 5 heteroatoms. The molecule has 1 aliphatic carbocycles. The highest BCUT2D eigenvalue weighted by Gasteiger charge is 2.54. The van der Waals surface area contributed by atoms with Crippen LogP contribution in [0, 0.1) is 25.1 Å². The van der Waals surface area contributed by atoms with Gasteiger partial charge in [0.05, 0.1) is 12.8 Å². The highest BCUT2D eigenvalue weighted by molar-refractivity contribution is 5.36. The van der Waals surface area contributed by atoms with Crippen LogP contribution in [0.1, 0.15) is 55.1 Å². The molecule has 0 spiro atoms. The maximum absolute atomic E-state index is 13.2. The van der Waals surface area contributed by atoms with Gasteiger partial charge in [-0.15, -0.1) is 0 Å². The largest absolute Gasteiger partial charge is 0.381 e. The highest BCUT2D eigenvalue weighted by atomic mass is 19.1. The van der Waals surface area contributed by atoms with Gasteiger partial charge in [0.15, 0.2) is 0 Å². The predicted molar refractivity (Wildman–Crippen MR) is 112 cm³/mol. The SMILES string of the molecule is CCOC[C@@]1(CCc2ccc(F)cn2)CCN(C2(c3cnc(C)cc3C)CC2)C1. The molecule has 1 saturated carbocycles. The van der Waals surface area contributed by atoms with E-state index in [4.69, 9.17) is 4.74 Å².